The minimum atomic E-state index is -3.06. The Hall–Kier alpha value is -2.22. The molecule has 1 amide bonds. The van der Waals surface area contributed by atoms with Crippen LogP contribution in [0.2, 0.25) is 0 Å². The average Bonchev–Trinajstić information content (AvgIpc) is 3.11. The van der Waals surface area contributed by atoms with E-state index in [1.807, 2.05) is 24.3 Å². The largest absolute Gasteiger partial charge is 0.326 e. The van der Waals surface area contributed by atoms with Crippen molar-refractivity contribution in [1.29, 1.82) is 0 Å². The number of hydrogen-bond acceptors (Lipinski definition) is 5. The molecule has 1 atom stereocenters. The second-order valence-corrected chi connectivity index (χ2v) is 9.30. The fourth-order valence-corrected chi connectivity index (χ4v) is 5.39. The Bertz CT molecular complexity index is 918. The Labute approximate surface area is 152 Å². The van der Waals surface area contributed by atoms with Crippen molar-refractivity contribution >= 4 is 21.4 Å². The van der Waals surface area contributed by atoms with Crippen LogP contribution in [0.15, 0.2) is 24.3 Å². The number of nitrogens with one attached hydrogen (secondary N) is 1. The highest BCUT2D eigenvalue weighted by molar-refractivity contribution is 7.91. The SMILES string of the molecule is O=C(Nc1ccc(-c2nnc3n2CCCCC3)cc1)[C@@H]1CCS(=O)(=O)C1. The third-order valence-corrected chi connectivity index (χ3v) is 6.89. The number of aromatic nitrogens is 3. The van der Waals surface area contributed by atoms with Crippen LogP contribution in [0.25, 0.3) is 11.4 Å². The van der Waals surface area contributed by atoms with Crippen LogP contribution in [0.4, 0.5) is 5.69 Å². The van der Waals surface area contributed by atoms with E-state index < -0.39 is 15.8 Å². The molecule has 1 N–H and O–H groups in total. The Morgan fingerprint density at radius 1 is 1.12 bits per heavy atom. The molecule has 8 heteroatoms. The molecule has 0 spiro atoms. The average molecular weight is 374 g/mol. The minimum absolute atomic E-state index is 0.0528. The van der Waals surface area contributed by atoms with E-state index in [0.717, 1.165) is 43.0 Å². The molecule has 4 rings (SSSR count). The van der Waals surface area contributed by atoms with Gasteiger partial charge in [0.1, 0.15) is 5.82 Å². The Morgan fingerprint density at radius 3 is 2.65 bits per heavy atom. The molecule has 1 aromatic heterocycles. The molecular formula is C18H22N4O3S. The topological polar surface area (TPSA) is 93.9 Å². The number of carbonyl (C=O) groups is 1. The summed E-state index contributed by atoms with van der Waals surface area (Å²) >= 11 is 0. The van der Waals surface area contributed by atoms with Gasteiger partial charge in [-0.25, -0.2) is 8.42 Å². The Kier molecular flexibility index (Phi) is 4.52. The highest BCUT2D eigenvalue weighted by atomic mass is 32.2. The quantitative estimate of drug-likeness (QED) is 0.887. The van der Waals surface area contributed by atoms with Gasteiger partial charge in [0.2, 0.25) is 5.91 Å². The summed E-state index contributed by atoms with van der Waals surface area (Å²) in [6.45, 7) is 0.937. The van der Waals surface area contributed by atoms with Crippen LogP contribution in [0, 0.1) is 5.92 Å². The third kappa shape index (κ3) is 3.51. The van der Waals surface area contributed by atoms with Crippen molar-refractivity contribution < 1.29 is 13.2 Å². The first-order valence-electron chi connectivity index (χ1n) is 9.06. The van der Waals surface area contributed by atoms with Gasteiger partial charge in [-0.3, -0.25) is 4.79 Å². The lowest BCUT2D eigenvalue weighted by molar-refractivity contribution is -0.119. The van der Waals surface area contributed by atoms with Crippen LogP contribution < -0.4 is 5.32 Å². The van der Waals surface area contributed by atoms with Crippen LogP contribution >= 0.6 is 0 Å². The summed E-state index contributed by atoms with van der Waals surface area (Å²) in [6, 6.07) is 7.50. The van der Waals surface area contributed by atoms with E-state index in [4.69, 9.17) is 0 Å². The van der Waals surface area contributed by atoms with Gasteiger partial charge in [0.15, 0.2) is 15.7 Å². The van der Waals surface area contributed by atoms with E-state index in [9.17, 15) is 13.2 Å². The number of fused-ring (bicyclic) bond motifs is 1. The van der Waals surface area contributed by atoms with Crippen molar-refractivity contribution in [3.63, 3.8) is 0 Å². The molecule has 0 aliphatic carbocycles. The van der Waals surface area contributed by atoms with E-state index in [1.54, 1.807) is 0 Å². The molecule has 1 saturated heterocycles. The Morgan fingerprint density at radius 2 is 1.92 bits per heavy atom. The van der Waals surface area contributed by atoms with Gasteiger partial charge in [-0.15, -0.1) is 10.2 Å². The third-order valence-electron chi connectivity index (χ3n) is 5.12. The van der Waals surface area contributed by atoms with E-state index >= 15 is 0 Å². The van der Waals surface area contributed by atoms with Gasteiger partial charge in [-0.2, -0.15) is 0 Å². The van der Waals surface area contributed by atoms with Crippen LogP contribution in [0.3, 0.4) is 0 Å². The first-order valence-corrected chi connectivity index (χ1v) is 10.9. The molecule has 2 aromatic rings. The predicted octanol–water partition coefficient (Wildman–Crippen LogP) is 2.04. The molecule has 7 nitrogen and oxygen atoms in total. The fourth-order valence-electron chi connectivity index (χ4n) is 3.65. The van der Waals surface area contributed by atoms with Crippen molar-refractivity contribution in [3.05, 3.63) is 30.1 Å². The lowest BCUT2D eigenvalue weighted by Crippen LogP contribution is -2.23. The van der Waals surface area contributed by atoms with Gasteiger partial charge in [-0.1, -0.05) is 6.42 Å². The number of aryl methyl sites for hydroxylation is 1. The standard InChI is InChI=1S/C18H22N4O3S/c23-18(14-9-11-26(24,25)12-14)19-15-7-5-13(6-8-15)17-21-20-16-4-2-1-3-10-22(16)17/h5-8,14H,1-4,9-12H2,(H,19,23)/t14-/m1/s1. The number of hydrogen-bond donors (Lipinski definition) is 1. The van der Waals surface area contributed by atoms with E-state index in [1.165, 1.54) is 6.42 Å². The maximum absolute atomic E-state index is 12.2. The van der Waals surface area contributed by atoms with Gasteiger partial charge in [-0.05, 0) is 43.5 Å². The van der Waals surface area contributed by atoms with Gasteiger partial charge >= 0.3 is 0 Å². The van der Waals surface area contributed by atoms with Crippen LogP contribution in [0.5, 0.6) is 0 Å². The zero-order valence-corrected chi connectivity index (χ0v) is 15.3. The van der Waals surface area contributed by atoms with Crippen molar-refractivity contribution in [1.82, 2.24) is 14.8 Å². The number of anilines is 1. The number of rotatable bonds is 3. The molecule has 138 valence electrons. The summed E-state index contributed by atoms with van der Waals surface area (Å²) in [5, 5.41) is 11.5. The molecule has 2 aliphatic heterocycles. The predicted molar refractivity (Wildman–Crippen MR) is 98.4 cm³/mol. The van der Waals surface area contributed by atoms with Gasteiger partial charge < -0.3 is 9.88 Å². The second-order valence-electron chi connectivity index (χ2n) is 7.07. The number of benzene rings is 1. The maximum atomic E-state index is 12.2. The molecule has 26 heavy (non-hydrogen) atoms. The highest BCUT2D eigenvalue weighted by Gasteiger charge is 2.32. The molecule has 1 aromatic carbocycles. The summed E-state index contributed by atoms with van der Waals surface area (Å²) in [5.74, 6) is 1.27. The monoisotopic (exact) mass is 374 g/mol. The van der Waals surface area contributed by atoms with E-state index in [2.05, 4.69) is 20.1 Å². The first-order chi connectivity index (χ1) is 12.5. The molecule has 0 bridgehead atoms. The summed E-state index contributed by atoms with van der Waals surface area (Å²) in [6.07, 6.45) is 4.87. The summed E-state index contributed by atoms with van der Waals surface area (Å²) in [5.41, 5.74) is 1.63. The number of sulfone groups is 1. The zero-order chi connectivity index (χ0) is 18.1. The molecular weight excluding hydrogens is 352 g/mol. The Balaban J connectivity index is 1.48. The van der Waals surface area contributed by atoms with Crippen LogP contribution in [0.1, 0.15) is 31.5 Å². The van der Waals surface area contributed by atoms with E-state index in [0.29, 0.717) is 12.1 Å². The normalized spacial score (nSPS) is 21.8. The second kappa shape index (κ2) is 6.83. The highest BCUT2D eigenvalue weighted by Crippen LogP contribution is 2.25. The van der Waals surface area contributed by atoms with Crippen molar-refractivity contribution in [2.45, 2.75) is 38.6 Å². The smallest absolute Gasteiger partial charge is 0.228 e. The number of amides is 1. The first kappa shape index (κ1) is 17.2. The lowest BCUT2D eigenvalue weighted by Gasteiger charge is -2.11. The van der Waals surface area contributed by atoms with Crippen LogP contribution in [-0.2, 0) is 27.6 Å². The maximum Gasteiger partial charge on any atom is 0.228 e. The zero-order valence-electron chi connectivity index (χ0n) is 14.5. The number of nitrogens with zero attached hydrogens (tertiary/aromatic N) is 3. The van der Waals surface area contributed by atoms with Gasteiger partial charge in [0.05, 0.1) is 17.4 Å². The summed E-state index contributed by atoms with van der Waals surface area (Å²) < 4.78 is 25.2. The lowest BCUT2D eigenvalue weighted by atomic mass is 10.1. The molecule has 0 radical (unpaired) electrons. The van der Waals surface area contributed by atoms with Crippen molar-refractivity contribution in [2.24, 2.45) is 5.92 Å². The molecule has 1 fully saturated rings. The molecule has 0 saturated carbocycles. The fraction of sp³-hybridized carbons (Fsp3) is 0.500. The van der Waals surface area contributed by atoms with Crippen molar-refractivity contribution in [2.75, 3.05) is 16.8 Å². The van der Waals surface area contributed by atoms with Gasteiger partial charge in [0.25, 0.3) is 0 Å². The minimum Gasteiger partial charge on any atom is -0.326 e. The molecule has 3 heterocycles. The summed E-state index contributed by atoms with van der Waals surface area (Å²) in [7, 11) is -3.06. The van der Waals surface area contributed by atoms with E-state index in [-0.39, 0.29) is 17.4 Å². The van der Waals surface area contributed by atoms with Crippen LogP contribution in [-0.4, -0.2) is 40.6 Å². The van der Waals surface area contributed by atoms with Gasteiger partial charge in [0, 0.05) is 24.2 Å². The number of carbonyl (C=O) groups excluding carboxylic acids is 1. The molecule has 2 aliphatic rings. The molecule has 0 unspecified atom stereocenters. The summed E-state index contributed by atoms with van der Waals surface area (Å²) in [4.78, 5) is 12.2. The van der Waals surface area contributed by atoms with Crippen molar-refractivity contribution in [3.8, 4) is 11.4 Å².